The van der Waals surface area contributed by atoms with E-state index in [-0.39, 0.29) is 17.4 Å². The van der Waals surface area contributed by atoms with Crippen molar-refractivity contribution in [2.24, 2.45) is 0 Å². The summed E-state index contributed by atoms with van der Waals surface area (Å²) in [5.74, 6) is 0.268. The standard InChI is InChI=1S/C30H26N4O4S/c1-38-24-11-7-8-21(18-24)19-26(33-29(36)22-9-3-2-4-10-22)30(37)32-23-13-15-25(16-14-23)39-20-28(35)34-27-12-5-6-17-31-27/h2-19H,20H2,1H3,(H,32,37)(H,33,36)(H,31,34,35)/b26-19-. The van der Waals surface area contributed by atoms with Crippen molar-refractivity contribution in [3.63, 3.8) is 0 Å². The van der Waals surface area contributed by atoms with Gasteiger partial charge >= 0.3 is 0 Å². The van der Waals surface area contributed by atoms with Gasteiger partial charge < -0.3 is 20.7 Å². The molecule has 3 N–H and O–H groups in total. The number of carbonyl (C=O) groups excluding carboxylic acids is 3. The largest absolute Gasteiger partial charge is 0.497 e. The van der Waals surface area contributed by atoms with Crippen LogP contribution >= 0.6 is 11.8 Å². The third kappa shape index (κ3) is 8.31. The summed E-state index contributed by atoms with van der Waals surface area (Å²) in [6.45, 7) is 0. The molecule has 1 aromatic heterocycles. The normalized spacial score (nSPS) is 10.8. The van der Waals surface area contributed by atoms with Gasteiger partial charge in [0.1, 0.15) is 17.3 Å². The molecular formula is C30H26N4O4S. The smallest absolute Gasteiger partial charge is 0.272 e. The highest BCUT2D eigenvalue weighted by molar-refractivity contribution is 8.00. The summed E-state index contributed by atoms with van der Waals surface area (Å²) in [7, 11) is 1.56. The fourth-order valence-corrected chi connectivity index (χ4v) is 4.14. The number of hydrogen-bond donors (Lipinski definition) is 3. The van der Waals surface area contributed by atoms with E-state index < -0.39 is 11.8 Å². The predicted molar refractivity (Wildman–Crippen MR) is 154 cm³/mol. The van der Waals surface area contributed by atoms with Gasteiger partial charge in [-0.25, -0.2) is 4.98 Å². The number of rotatable bonds is 10. The van der Waals surface area contributed by atoms with Gasteiger partial charge in [0.2, 0.25) is 5.91 Å². The van der Waals surface area contributed by atoms with Crippen LogP contribution in [0.2, 0.25) is 0 Å². The summed E-state index contributed by atoms with van der Waals surface area (Å²) < 4.78 is 5.27. The van der Waals surface area contributed by atoms with Gasteiger partial charge in [0.25, 0.3) is 11.8 Å². The first-order chi connectivity index (χ1) is 19.0. The van der Waals surface area contributed by atoms with Gasteiger partial charge in [0.05, 0.1) is 12.9 Å². The minimum Gasteiger partial charge on any atom is -0.497 e. The van der Waals surface area contributed by atoms with Crippen molar-refractivity contribution in [2.75, 3.05) is 23.5 Å². The van der Waals surface area contributed by atoms with E-state index in [0.29, 0.717) is 28.4 Å². The Morgan fingerprint density at radius 3 is 2.36 bits per heavy atom. The lowest BCUT2D eigenvalue weighted by molar-refractivity contribution is -0.114. The molecule has 0 aliphatic rings. The molecule has 8 nitrogen and oxygen atoms in total. The van der Waals surface area contributed by atoms with E-state index in [1.807, 2.05) is 18.2 Å². The summed E-state index contributed by atoms with van der Waals surface area (Å²) in [4.78, 5) is 43.1. The van der Waals surface area contributed by atoms with Crippen molar-refractivity contribution in [3.8, 4) is 5.75 Å². The average Bonchev–Trinajstić information content (AvgIpc) is 2.97. The number of ether oxygens (including phenoxy) is 1. The first-order valence-corrected chi connectivity index (χ1v) is 13.0. The second kappa shape index (κ2) is 13.6. The van der Waals surface area contributed by atoms with Crippen LogP contribution in [0, 0.1) is 0 Å². The number of nitrogens with zero attached hydrogens (tertiary/aromatic N) is 1. The summed E-state index contributed by atoms with van der Waals surface area (Å²) in [5.41, 5.74) is 1.72. The minimum absolute atomic E-state index is 0.0711. The van der Waals surface area contributed by atoms with Crippen molar-refractivity contribution >= 4 is 47.1 Å². The topological polar surface area (TPSA) is 109 Å². The lowest BCUT2D eigenvalue weighted by atomic mass is 10.1. The summed E-state index contributed by atoms with van der Waals surface area (Å²) in [6, 6.07) is 28.2. The molecule has 4 aromatic rings. The van der Waals surface area contributed by atoms with Gasteiger partial charge in [0, 0.05) is 22.3 Å². The Labute approximate surface area is 230 Å². The Morgan fingerprint density at radius 1 is 0.872 bits per heavy atom. The third-order valence-electron chi connectivity index (χ3n) is 5.35. The quantitative estimate of drug-likeness (QED) is 0.188. The molecule has 196 valence electrons. The van der Waals surface area contributed by atoms with Crippen LogP contribution in [0.15, 0.2) is 114 Å². The number of hydrogen-bond acceptors (Lipinski definition) is 6. The molecule has 0 atom stereocenters. The zero-order chi connectivity index (χ0) is 27.5. The Hall–Kier alpha value is -4.89. The molecule has 1 heterocycles. The molecule has 9 heteroatoms. The van der Waals surface area contributed by atoms with Gasteiger partial charge in [-0.1, -0.05) is 36.4 Å². The first kappa shape index (κ1) is 27.2. The van der Waals surface area contributed by atoms with Crippen molar-refractivity contribution in [3.05, 3.63) is 120 Å². The zero-order valence-corrected chi connectivity index (χ0v) is 21.9. The fraction of sp³-hybridized carbons (Fsp3) is 0.0667. The molecule has 0 bridgehead atoms. The highest BCUT2D eigenvalue weighted by Crippen LogP contribution is 2.21. The van der Waals surface area contributed by atoms with Crippen LogP contribution in [-0.2, 0) is 9.59 Å². The molecule has 3 amide bonds. The summed E-state index contributed by atoms with van der Waals surface area (Å²) >= 11 is 1.36. The number of pyridine rings is 1. The second-order valence-electron chi connectivity index (χ2n) is 8.19. The second-order valence-corrected chi connectivity index (χ2v) is 9.23. The molecule has 0 saturated heterocycles. The number of carbonyl (C=O) groups is 3. The molecule has 39 heavy (non-hydrogen) atoms. The lowest BCUT2D eigenvalue weighted by Gasteiger charge is -2.12. The predicted octanol–water partition coefficient (Wildman–Crippen LogP) is 5.23. The molecule has 0 saturated carbocycles. The van der Waals surface area contributed by atoms with E-state index >= 15 is 0 Å². The van der Waals surface area contributed by atoms with Gasteiger partial charge in [-0.05, 0) is 72.3 Å². The lowest BCUT2D eigenvalue weighted by Crippen LogP contribution is -2.30. The fourth-order valence-electron chi connectivity index (χ4n) is 3.44. The molecule has 0 unspecified atom stereocenters. The maximum atomic E-state index is 13.2. The van der Waals surface area contributed by atoms with Gasteiger partial charge in [-0.3, -0.25) is 14.4 Å². The highest BCUT2D eigenvalue weighted by atomic mass is 32.2. The van der Waals surface area contributed by atoms with Crippen molar-refractivity contribution in [1.29, 1.82) is 0 Å². The maximum absolute atomic E-state index is 13.2. The van der Waals surface area contributed by atoms with E-state index in [9.17, 15) is 14.4 Å². The van der Waals surface area contributed by atoms with Crippen molar-refractivity contribution in [2.45, 2.75) is 4.90 Å². The van der Waals surface area contributed by atoms with Crippen LogP contribution in [-0.4, -0.2) is 35.6 Å². The number of amides is 3. The number of methoxy groups -OCH3 is 1. The Balaban J connectivity index is 1.42. The molecule has 0 aliphatic carbocycles. The average molecular weight is 539 g/mol. The van der Waals surface area contributed by atoms with Crippen molar-refractivity contribution in [1.82, 2.24) is 10.3 Å². The molecule has 0 aliphatic heterocycles. The number of benzene rings is 3. The van der Waals surface area contributed by atoms with Gasteiger partial charge in [-0.2, -0.15) is 0 Å². The molecular weight excluding hydrogens is 512 g/mol. The van der Waals surface area contributed by atoms with Gasteiger partial charge in [-0.15, -0.1) is 11.8 Å². The SMILES string of the molecule is COc1cccc(/C=C(\NC(=O)c2ccccc2)C(=O)Nc2ccc(SCC(=O)Nc3ccccn3)cc2)c1. The minimum atomic E-state index is -0.489. The van der Waals surface area contributed by atoms with Crippen LogP contribution < -0.4 is 20.7 Å². The van der Waals surface area contributed by atoms with Crippen LogP contribution in [0.3, 0.4) is 0 Å². The van der Waals surface area contributed by atoms with E-state index in [1.165, 1.54) is 11.8 Å². The van der Waals surface area contributed by atoms with E-state index in [0.717, 1.165) is 4.90 Å². The Kier molecular flexibility index (Phi) is 9.47. The van der Waals surface area contributed by atoms with Crippen LogP contribution in [0.4, 0.5) is 11.5 Å². The Morgan fingerprint density at radius 2 is 1.64 bits per heavy atom. The highest BCUT2D eigenvalue weighted by Gasteiger charge is 2.15. The van der Waals surface area contributed by atoms with E-state index in [2.05, 4.69) is 20.9 Å². The molecule has 3 aromatic carbocycles. The van der Waals surface area contributed by atoms with Crippen LogP contribution in [0.5, 0.6) is 5.75 Å². The molecule has 0 fully saturated rings. The van der Waals surface area contributed by atoms with Gasteiger partial charge in [0.15, 0.2) is 0 Å². The molecule has 0 radical (unpaired) electrons. The number of aromatic nitrogens is 1. The zero-order valence-electron chi connectivity index (χ0n) is 21.1. The maximum Gasteiger partial charge on any atom is 0.272 e. The first-order valence-electron chi connectivity index (χ1n) is 12.0. The van der Waals surface area contributed by atoms with E-state index in [4.69, 9.17) is 4.74 Å². The molecule has 4 rings (SSSR count). The number of anilines is 2. The van der Waals surface area contributed by atoms with E-state index in [1.54, 1.807) is 98.2 Å². The number of thioether (sulfide) groups is 1. The monoisotopic (exact) mass is 538 g/mol. The van der Waals surface area contributed by atoms with Crippen LogP contribution in [0.25, 0.3) is 6.08 Å². The summed E-state index contributed by atoms with van der Waals surface area (Å²) in [5, 5.41) is 8.28. The van der Waals surface area contributed by atoms with Crippen molar-refractivity contribution < 1.29 is 19.1 Å². The van der Waals surface area contributed by atoms with Crippen LogP contribution in [0.1, 0.15) is 15.9 Å². The molecule has 0 spiro atoms. The number of nitrogens with one attached hydrogen (secondary N) is 3. The third-order valence-corrected chi connectivity index (χ3v) is 6.36. The summed E-state index contributed by atoms with van der Waals surface area (Å²) in [6.07, 6.45) is 3.20. The Bertz CT molecular complexity index is 1460.